The number of nitrogens with one attached hydrogen (secondary N) is 1. The summed E-state index contributed by atoms with van der Waals surface area (Å²) in [4.78, 5) is 2.64. The average molecular weight is 184 g/mol. The quantitative estimate of drug-likeness (QED) is 0.701. The molecule has 0 spiro atoms. The van der Waals surface area contributed by atoms with Gasteiger partial charge in [0.15, 0.2) is 0 Å². The fourth-order valence-electron chi connectivity index (χ4n) is 2.44. The van der Waals surface area contributed by atoms with Crippen LogP contribution in [-0.4, -0.2) is 37.1 Å². The van der Waals surface area contributed by atoms with Crippen molar-refractivity contribution in [1.29, 1.82) is 0 Å². The summed E-state index contributed by atoms with van der Waals surface area (Å²) >= 11 is 0. The first-order valence-electron chi connectivity index (χ1n) is 5.73. The lowest BCUT2D eigenvalue weighted by Crippen LogP contribution is -2.35. The largest absolute Gasteiger partial charge is 0.317 e. The van der Waals surface area contributed by atoms with Crippen molar-refractivity contribution in [2.75, 3.05) is 20.1 Å². The van der Waals surface area contributed by atoms with Crippen LogP contribution in [0.1, 0.15) is 39.5 Å². The minimum Gasteiger partial charge on any atom is -0.317 e. The Morgan fingerprint density at radius 2 is 2.08 bits per heavy atom. The maximum atomic E-state index is 3.39. The van der Waals surface area contributed by atoms with Gasteiger partial charge in [0.05, 0.1) is 0 Å². The van der Waals surface area contributed by atoms with Crippen LogP contribution in [0.15, 0.2) is 0 Å². The molecule has 2 atom stereocenters. The summed E-state index contributed by atoms with van der Waals surface area (Å²) in [5.74, 6) is 0. The Kier molecular flexibility index (Phi) is 4.74. The van der Waals surface area contributed by atoms with E-state index in [-0.39, 0.29) is 0 Å². The lowest BCUT2D eigenvalue weighted by atomic mass is 10.2. The Bertz CT molecular complexity index is 136. The van der Waals surface area contributed by atoms with Crippen LogP contribution in [0.5, 0.6) is 0 Å². The van der Waals surface area contributed by atoms with Gasteiger partial charge in [-0.3, -0.25) is 0 Å². The minimum atomic E-state index is 0.774. The number of rotatable bonds is 5. The summed E-state index contributed by atoms with van der Waals surface area (Å²) < 4.78 is 0. The Hall–Kier alpha value is -0.0800. The predicted octanol–water partition coefficient (Wildman–Crippen LogP) is 1.86. The molecule has 1 rings (SSSR count). The molecule has 1 fully saturated rings. The topological polar surface area (TPSA) is 15.3 Å². The molecule has 1 N–H and O–H groups in total. The molecule has 0 aromatic carbocycles. The predicted molar refractivity (Wildman–Crippen MR) is 58.0 cm³/mol. The van der Waals surface area contributed by atoms with Crippen molar-refractivity contribution >= 4 is 0 Å². The molecule has 2 nitrogen and oxygen atoms in total. The van der Waals surface area contributed by atoms with Crippen molar-refractivity contribution in [3.8, 4) is 0 Å². The number of hydrogen-bond acceptors (Lipinski definition) is 2. The molecule has 0 amide bonds. The molecule has 2 heteroatoms. The van der Waals surface area contributed by atoms with Gasteiger partial charge in [-0.15, -0.1) is 0 Å². The molecule has 1 aliphatic rings. The van der Waals surface area contributed by atoms with Gasteiger partial charge in [-0.05, 0) is 45.8 Å². The average Bonchev–Trinajstić information content (AvgIpc) is 2.62. The first-order valence-corrected chi connectivity index (χ1v) is 5.73. The molecule has 0 heterocycles. The standard InChI is InChI=1S/C11H24N2/c1-4-8-13(5-2)11-7-6-10(9-11)12-3/h10-12H,4-9H2,1-3H3. The zero-order chi connectivity index (χ0) is 9.68. The van der Waals surface area contributed by atoms with E-state index >= 15 is 0 Å². The van der Waals surface area contributed by atoms with E-state index in [9.17, 15) is 0 Å². The summed E-state index contributed by atoms with van der Waals surface area (Å²) in [5, 5.41) is 3.39. The molecule has 2 unspecified atom stereocenters. The van der Waals surface area contributed by atoms with Crippen LogP contribution in [0.4, 0.5) is 0 Å². The highest BCUT2D eigenvalue weighted by molar-refractivity contribution is 4.85. The molecule has 13 heavy (non-hydrogen) atoms. The maximum Gasteiger partial charge on any atom is 0.0110 e. The highest BCUT2D eigenvalue weighted by atomic mass is 15.2. The normalized spacial score (nSPS) is 28.6. The maximum absolute atomic E-state index is 3.39. The second-order valence-electron chi connectivity index (χ2n) is 4.08. The second kappa shape index (κ2) is 5.61. The van der Waals surface area contributed by atoms with E-state index in [1.165, 1.54) is 38.8 Å². The molecular weight excluding hydrogens is 160 g/mol. The third-order valence-corrected chi connectivity index (χ3v) is 3.25. The number of nitrogens with zero attached hydrogens (tertiary/aromatic N) is 1. The summed E-state index contributed by atoms with van der Waals surface area (Å²) in [5.41, 5.74) is 0. The molecule has 0 aliphatic heterocycles. The Morgan fingerprint density at radius 3 is 2.54 bits per heavy atom. The molecule has 0 radical (unpaired) electrons. The Labute approximate surface area is 82.7 Å². The fraction of sp³-hybridized carbons (Fsp3) is 1.00. The first-order chi connectivity index (χ1) is 6.31. The van der Waals surface area contributed by atoms with Crippen molar-refractivity contribution in [1.82, 2.24) is 10.2 Å². The second-order valence-corrected chi connectivity index (χ2v) is 4.08. The monoisotopic (exact) mass is 184 g/mol. The van der Waals surface area contributed by atoms with E-state index in [0.29, 0.717) is 0 Å². The van der Waals surface area contributed by atoms with Gasteiger partial charge in [-0.1, -0.05) is 13.8 Å². The fourth-order valence-corrected chi connectivity index (χ4v) is 2.44. The van der Waals surface area contributed by atoms with Gasteiger partial charge < -0.3 is 10.2 Å². The first kappa shape index (κ1) is 11.0. The Balaban J connectivity index is 2.33. The molecule has 0 bridgehead atoms. The van der Waals surface area contributed by atoms with Crippen LogP contribution in [0.3, 0.4) is 0 Å². The van der Waals surface area contributed by atoms with E-state index in [1.807, 2.05) is 0 Å². The van der Waals surface area contributed by atoms with Gasteiger partial charge in [0.25, 0.3) is 0 Å². The van der Waals surface area contributed by atoms with Crippen molar-refractivity contribution in [2.24, 2.45) is 0 Å². The van der Waals surface area contributed by atoms with Crippen LogP contribution in [0.25, 0.3) is 0 Å². The molecule has 0 aromatic rings. The highest BCUT2D eigenvalue weighted by Gasteiger charge is 2.26. The molecular formula is C11H24N2. The van der Waals surface area contributed by atoms with Crippen molar-refractivity contribution in [3.05, 3.63) is 0 Å². The third-order valence-electron chi connectivity index (χ3n) is 3.25. The van der Waals surface area contributed by atoms with Gasteiger partial charge in [0.1, 0.15) is 0 Å². The molecule has 0 saturated heterocycles. The van der Waals surface area contributed by atoms with Crippen molar-refractivity contribution in [3.63, 3.8) is 0 Å². The zero-order valence-corrected chi connectivity index (χ0v) is 9.34. The van der Waals surface area contributed by atoms with Gasteiger partial charge in [-0.2, -0.15) is 0 Å². The van der Waals surface area contributed by atoms with E-state index in [2.05, 4.69) is 31.1 Å². The molecule has 1 saturated carbocycles. The highest BCUT2D eigenvalue weighted by Crippen LogP contribution is 2.23. The van der Waals surface area contributed by atoms with Gasteiger partial charge >= 0.3 is 0 Å². The van der Waals surface area contributed by atoms with Crippen LogP contribution in [0.2, 0.25) is 0 Å². The summed E-state index contributed by atoms with van der Waals surface area (Å²) in [6, 6.07) is 1.62. The van der Waals surface area contributed by atoms with E-state index in [0.717, 1.165) is 12.1 Å². The van der Waals surface area contributed by atoms with Crippen LogP contribution >= 0.6 is 0 Å². The van der Waals surface area contributed by atoms with Gasteiger partial charge in [0, 0.05) is 12.1 Å². The SMILES string of the molecule is CCCN(CC)C1CCC(NC)C1. The third kappa shape index (κ3) is 2.96. The summed E-state index contributed by atoms with van der Waals surface area (Å²) in [6.45, 7) is 7.04. The molecule has 0 aromatic heterocycles. The smallest absolute Gasteiger partial charge is 0.0110 e. The van der Waals surface area contributed by atoms with E-state index < -0.39 is 0 Å². The van der Waals surface area contributed by atoms with Crippen molar-refractivity contribution < 1.29 is 0 Å². The van der Waals surface area contributed by atoms with Crippen LogP contribution in [0, 0.1) is 0 Å². The molecule has 78 valence electrons. The summed E-state index contributed by atoms with van der Waals surface area (Å²) in [7, 11) is 2.09. The Morgan fingerprint density at radius 1 is 1.31 bits per heavy atom. The minimum absolute atomic E-state index is 0.774. The van der Waals surface area contributed by atoms with E-state index in [4.69, 9.17) is 0 Å². The molecule has 1 aliphatic carbocycles. The van der Waals surface area contributed by atoms with Crippen LogP contribution in [-0.2, 0) is 0 Å². The van der Waals surface area contributed by atoms with Gasteiger partial charge in [0.2, 0.25) is 0 Å². The van der Waals surface area contributed by atoms with E-state index in [1.54, 1.807) is 0 Å². The lowest BCUT2D eigenvalue weighted by molar-refractivity contribution is 0.207. The van der Waals surface area contributed by atoms with Crippen LogP contribution < -0.4 is 5.32 Å². The number of hydrogen-bond donors (Lipinski definition) is 1. The lowest BCUT2D eigenvalue weighted by Gasteiger charge is -2.27. The van der Waals surface area contributed by atoms with Gasteiger partial charge in [-0.25, -0.2) is 0 Å². The zero-order valence-electron chi connectivity index (χ0n) is 9.34. The summed E-state index contributed by atoms with van der Waals surface area (Å²) in [6.07, 6.45) is 5.39. The van der Waals surface area contributed by atoms with Crippen molar-refractivity contribution in [2.45, 2.75) is 51.6 Å².